The second-order valence-electron chi connectivity index (χ2n) is 10.2. The molecule has 0 bridgehead atoms. The van der Waals surface area contributed by atoms with E-state index in [-0.39, 0.29) is 11.6 Å². The number of aromatic nitrogens is 4. The lowest BCUT2D eigenvalue weighted by Crippen LogP contribution is -2.41. The Morgan fingerprint density at radius 2 is 1.89 bits per heavy atom. The van der Waals surface area contributed by atoms with Gasteiger partial charge in [0.1, 0.15) is 6.33 Å². The second kappa shape index (κ2) is 10.9. The van der Waals surface area contributed by atoms with E-state index in [1.807, 2.05) is 53.0 Å². The van der Waals surface area contributed by atoms with Crippen LogP contribution in [0.3, 0.4) is 0 Å². The molecule has 1 fully saturated rings. The number of rotatable bonds is 8. The van der Waals surface area contributed by atoms with Crippen molar-refractivity contribution < 1.29 is 9.84 Å². The van der Waals surface area contributed by atoms with E-state index >= 15 is 0 Å². The fourth-order valence-corrected chi connectivity index (χ4v) is 5.73. The lowest BCUT2D eigenvalue weighted by Gasteiger charge is -2.36. The molecule has 1 N–H and O–H groups in total. The Labute approximate surface area is 222 Å². The van der Waals surface area contributed by atoms with Crippen LogP contribution in [-0.4, -0.2) is 43.6 Å². The van der Waals surface area contributed by atoms with Gasteiger partial charge in [-0.2, -0.15) is 15.3 Å². The highest BCUT2D eigenvalue weighted by Gasteiger charge is 2.35. The van der Waals surface area contributed by atoms with Crippen molar-refractivity contribution in [3.8, 4) is 17.2 Å². The number of fused-ring (bicyclic) bond motifs is 1. The molecule has 0 spiro atoms. The number of ether oxygens (including phenoxy) is 1. The first kappa shape index (κ1) is 25.8. The summed E-state index contributed by atoms with van der Waals surface area (Å²) in [5.41, 5.74) is 4.25. The number of hydrogen-bond acceptors (Lipinski definition) is 6. The van der Waals surface area contributed by atoms with Crippen molar-refractivity contribution in [3.05, 3.63) is 87.6 Å². The Morgan fingerprint density at radius 3 is 2.58 bits per heavy atom. The lowest BCUT2D eigenvalue weighted by atomic mass is 9.82. The van der Waals surface area contributed by atoms with Crippen LogP contribution in [0.5, 0.6) is 0 Å². The number of methoxy groups -OCH3 is 1. The molecule has 0 amide bonds. The summed E-state index contributed by atoms with van der Waals surface area (Å²) >= 11 is 0. The summed E-state index contributed by atoms with van der Waals surface area (Å²) in [6.45, 7) is 2.39. The van der Waals surface area contributed by atoms with Crippen LogP contribution in [0.25, 0.3) is 16.9 Å². The van der Waals surface area contributed by atoms with Crippen molar-refractivity contribution in [2.75, 3.05) is 13.7 Å². The summed E-state index contributed by atoms with van der Waals surface area (Å²) in [4.78, 5) is 18.6. The predicted molar refractivity (Wildman–Crippen MR) is 145 cm³/mol. The molecule has 2 heterocycles. The minimum atomic E-state index is -0.851. The molecule has 0 aliphatic heterocycles. The zero-order valence-corrected chi connectivity index (χ0v) is 21.9. The predicted octanol–water partition coefficient (Wildman–Crippen LogP) is 4.47. The van der Waals surface area contributed by atoms with Gasteiger partial charge in [0, 0.05) is 25.1 Å². The quantitative estimate of drug-likeness (QED) is 0.374. The molecule has 1 aliphatic rings. The Morgan fingerprint density at radius 1 is 1.16 bits per heavy atom. The molecule has 1 saturated carbocycles. The Balaban J connectivity index is 1.52. The van der Waals surface area contributed by atoms with E-state index in [9.17, 15) is 15.2 Å². The van der Waals surface area contributed by atoms with Gasteiger partial charge in [-0.3, -0.25) is 9.36 Å². The summed E-state index contributed by atoms with van der Waals surface area (Å²) in [6, 6.07) is 17.8. The smallest absolute Gasteiger partial charge is 0.259 e. The van der Waals surface area contributed by atoms with E-state index in [4.69, 9.17) is 4.74 Å². The van der Waals surface area contributed by atoms with Gasteiger partial charge in [0.25, 0.3) is 5.56 Å². The number of aryl methyl sites for hydroxylation is 1. The topological polar surface area (TPSA) is 105 Å². The third-order valence-electron chi connectivity index (χ3n) is 7.67. The fraction of sp³-hybridized carbons (Fsp3) is 0.400. The van der Waals surface area contributed by atoms with E-state index in [2.05, 4.69) is 23.1 Å². The van der Waals surface area contributed by atoms with Crippen LogP contribution in [0.15, 0.2) is 59.7 Å². The van der Waals surface area contributed by atoms with Gasteiger partial charge in [-0.05, 0) is 54.9 Å². The van der Waals surface area contributed by atoms with Gasteiger partial charge in [-0.25, -0.2) is 4.52 Å². The van der Waals surface area contributed by atoms with Gasteiger partial charge in [-0.1, -0.05) is 55.8 Å². The van der Waals surface area contributed by atoms with Crippen LogP contribution in [0.4, 0.5) is 0 Å². The minimum Gasteiger partial charge on any atom is -0.387 e. The summed E-state index contributed by atoms with van der Waals surface area (Å²) in [6.07, 6.45) is 6.06. The van der Waals surface area contributed by atoms with Crippen molar-refractivity contribution in [2.45, 2.75) is 63.5 Å². The first-order valence-electron chi connectivity index (χ1n) is 13.2. The van der Waals surface area contributed by atoms with Crippen molar-refractivity contribution in [1.82, 2.24) is 19.2 Å². The SMILES string of the molecule is CCCc1c(Cc2ccc(-c3ccccc3C#N)cc2)c(=O)n(C2CCC(O)(COC)CC2)c2ncnn12. The minimum absolute atomic E-state index is 0.0324. The molecule has 1 aliphatic carbocycles. The van der Waals surface area contributed by atoms with Crippen molar-refractivity contribution >= 4 is 5.78 Å². The molecule has 0 saturated heterocycles. The largest absolute Gasteiger partial charge is 0.387 e. The maximum atomic E-state index is 14.1. The number of nitrogens with zero attached hydrogens (tertiary/aromatic N) is 5. The zero-order valence-electron chi connectivity index (χ0n) is 21.9. The van der Waals surface area contributed by atoms with Gasteiger partial charge in [0.05, 0.1) is 29.5 Å². The van der Waals surface area contributed by atoms with E-state index in [1.54, 1.807) is 11.7 Å². The van der Waals surface area contributed by atoms with Gasteiger partial charge in [-0.15, -0.1) is 0 Å². The highest BCUT2D eigenvalue weighted by atomic mass is 16.5. The van der Waals surface area contributed by atoms with E-state index in [0.29, 0.717) is 50.1 Å². The molecule has 0 radical (unpaired) electrons. The number of aliphatic hydroxyl groups is 1. The molecule has 2 aromatic carbocycles. The van der Waals surface area contributed by atoms with E-state index in [0.717, 1.165) is 40.8 Å². The van der Waals surface area contributed by atoms with Gasteiger partial charge >= 0.3 is 0 Å². The van der Waals surface area contributed by atoms with Gasteiger partial charge < -0.3 is 9.84 Å². The van der Waals surface area contributed by atoms with Crippen molar-refractivity contribution in [2.24, 2.45) is 0 Å². The number of hydrogen-bond donors (Lipinski definition) is 1. The van der Waals surface area contributed by atoms with Crippen molar-refractivity contribution in [3.63, 3.8) is 0 Å². The number of benzene rings is 2. The van der Waals surface area contributed by atoms with Gasteiger partial charge in [0.2, 0.25) is 5.78 Å². The average molecular weight is 512 g/mol. The zero-order chi connectivity index (χ0) is 26.7. The van der Waals surface area contributed by atoms with Crippen molar-refractivity contribution in [1.29, 1.82) is 5.26 Å². The molecule has 2 aromatic heterocycles. The summed E-state index contributed by atoms with van der Waals surface area (Å²) in [7, 11) is 1.60. The summed E-state index contributed by atoms with van der Waals surface area (Å²) in [5.74, 6) is 0.563. The van der Waals surface area contributed by atoms with Crippen LogP contribution in [0.1, 0.15) is 67.5 Å². The Bertz CT molecular complexity index is 1520. The first-order chi connectivity index (χ1) is 18.5. The third kappa shape index (κ3) is 4.87. The molecular formula is C30H33N5O3. The highest BCUT2D eigenvalue weighted by molar-refractivity contribution is 5.70. The molecule has 4 aromatic rings. The van der Waals surface area contributed by atoms with Crippen LogP contribution >= 0.6 is 0 Å². The molecular weight excluding hydrogens is 478 g/mol. The fourth-order valence-electron chi connectivity index (χ4n) is 5.73. The molecule has 5 rings (SSSR count). The lowest BCUT2D eigenvalue weighted by molar-refractivity contribution is -0.0629. The van der Waals surface area contributed by atoms with Crippen LogP contribution in [0.2, 0.25) is 0 Å². The molecule has 0 unspecified atom stereocenters. The number of nitriles is 1. The van der Waals surface area contributed by atoms with E-state index < -0.39 is 5.60 Å². The third-order valence-corrected chi connectivity index (χ3v) is 7.67. The normalized spacial score (nSPS) is 19.5. The molecule has 38 heavy (non-hydrogen) atoms. The monoisotopic (exact) mass is 511 g/mol. The maximum Gasteiger partial charge on any atom is 0.259 e. The molecule has 196 valence electrons. The average Bonchev–Trinajstić information content (AvgIpc) is 3.41. The van der Waals surface area contributed by atoms with Gasteiger partial charge in [0.15, 0.2) is 0 Å². The van der Waals surface area contributed by atoms with E-state index in [1.165, 1.54) is 6.33 Å². The summed E-state index contributed by atoms with van der Waals surface area (Å²) in [5, 5.41) is 24.8. The maximum absolute atomic E-state index is 14.1. The summed E-state index contributed by atoms with van der Waals surface area (Å²) < 4.78 is 8.85. The standard InChI is InChI=1S/C30H33N5O3/c1-3-6-27-26(17-21-9-11-22(12-10-21)25-8-5-4-7-23(25)18-31)28(36)34(29-32-20-33-35(27)29)24-13-15-30(37,16-14-24)19-38-2/h4-5,7-12,20,24,37H,3,6,13-17,19H2,1-2H3. The van der Waals surface area contributed by atoms with Crippen LogP contribution in [-0.2, 0) is 17.6 Å². The molecule has 8 heteroatoms. The molecule has 0 atom stereocenters. The second-order valence-corrected chi connectivity index (χ2v) is 10.2. The Kier molecular flexibility index (Phi) is 7.41. The Hall–Kier alpha value is -3.80. The van der Waals surface area contributed by atoms with Crippen LogP contribution in [0, 0.1) is 11.3 Å². The first-order valence-corrected chi connectivity index (χ1v) is 13.2. The highest BCUT2D eigenvalue weighted by Crippen LogP contribution is 2.35. The molecule has 8 nitrogen and oxygen atoms in total. The van der Waals surface area contributed by atoms with Crippen LogP contribution < -0.4 is 5.56 Å².